The Labute approximate surface area is 107 Å². The van der Waals surface area contributed by atoms with Crippen molar-refractivity contribution >= 4 is 16.0 Å². The maximum Gasteiger partial charge on any atom is 0.246 e. The topological polar surface area (TPSA) is 89.2 Å². The molecule has 1 aromatic rings. The maximum absolute atomic E-state index is 12.4. The SMILES string of the molecule is CCN(CC1CCC1)S(=O)(=O)c1cnc(N)nc1. The molecule has 1 aromatic heterocycles. The molecule has 0 aromatic carbocycles. The normalized spacial score (nSPS) is 16.8. The van der Waals surface area contributed by atoms with Crippen molar-refractivity contribution in [3.63, 3.8) is 0 Å². The van der Waals surface area contributed by atoms with Crippen LogP contribution in [-0.4, -0.2) is 35.8 Å². The standard InChI is InChI=1S/C11H18N4O2S/c1-2-15(8-9-4-3-5-9)18(16,17)10-6-13-11(12)14-7-10/h6-7,9H,2-5,8H2,1H3,(H2,12,13,14). The van der Waals surface area contributed by atoms with Crippen molar-refractivity contribution in [2.45, 2.75) is 31.1 Å². The first-order valence-electron chi connectivity index (χ1n) is 6.11. The number of nitrogens with zero attached hydrogens (tertiary/aromatic N) is 3. The Balaban J connectivity index is 2.18. The fraction of sp³-hybridized carbons (Fsp3) is 0.636. The zero-order chi connectivity index (χ0) is 13.2. The first-order chi connectivity index (χ1) is 8.54. The lowest BCUT2D eigenvalue weighted by Gasteiger charge is -2.31. The highest BCUT2D eigenvalue weighted by molar-refractivity contribution is 7.89. The molecule has 0 spiro atoms. The first kappa shape index (κ1) is 13.2. The molecule has 6 nitrogen and oxygen atoms in total. The Kier molecular flexibility index (Phi) is 3.82. The zero-order valence-electron chi connectivity index (χ0n) is 10.4. The van der Waals surface area contributed by atoms with Gasteiger partial charge in [-0.05, 0) is 18.8 Å². The van der Waals surface area contributed by atoms with Crippen molar-refractivity contribution in [3.8, 4) is 0 Å². The van der Waals surface area contributed by atoms with E-state index in [4.69, 9.17) is 5.73 Å². The summed E-state index contributed by atoms with van der Waals surface area (Å²) in [6.45, 7) is 2.89. The van der Waals surface area contributed by atoms with Crippen molar-refractivity contribution in [1.82, 2.24) is 14.3 Å². The van der Waals surface area contributed by atoms with E-state index in [1.807, 2.05) is 6.92 Å². The molecule has 7 heteroatoms. The van der Waals surface area contributed by atoms with E-state index >= 15 is 0 Å². The quantitative estimate of drug-likeness (QED) is 0.857. The van der Waals surface area contributed by atoms with Crippen LogP contribution in [0, 0.1) is 5.92 Å². The van der Waals surface area contributed by atoms with Gasteiger partial charge in [0.25, 0.3) is 0 Å². The number of hydrogen-bond donors (Lipinski definition) is 1. The Morgan fingerprint density at radius 1 is 1.39 bits per heavy atom. The lowest BCUT2D eigenvalue weighted by molar-refractivity contribution is 0.250. The Bertz CT molecular complexity index is 496. The molecule has 2 N–H and O–H groups in total. The van der Waals surface area contributed by atoms with Gasteiger partial charge in [-0.15, -0.1) is 0 Å². The van der Waals surface area contributed by atoms with Gasteiger partial charge < -0.3 is 5.73 Å². The molecule has 0 aliphatic heterocycles. The van der Waals surface area contributed by atoms with Gasteiger partial charge in [0.15, 0.2) is 0 Å². The van der Waals surface area contributed by atoms with Crippen LogP contribution in [0.15, 0.2) is 17.3 Å². The molecule has 1 heterocycles. The summed E-state index contributed by atoms with van der Waals surface area (Å²) in [5.41, 5.74) is 5.36. The van der Waals surface area contributed by atoms with Gasteiger partial charge in [0, 0.05) is 13.1 Å². The maximum atomic E-state index is 12.4. The predicted octanol–water partition coefficient (Wildman–Crippen LogP) is 0.869. The number of aromatic nitrogens is 2. The number of anilines is 1. The van der Waals surface area contributed by atoms with Gasteiger partial charge in [-0.25, -0.2) is 18.4 Å². The summed E-state index contributed by atoms with van der Waals surface area (Å²) in [7, 11) is -3.49. The Morgan fingerprint density at radius 2 is 2.00 bits per heavy atom. The minimum Gasteiger partial charge on any atom is -0.368 e. The molecule has 0 atom stereocenters. The lowest BCUT2D eigenvalue weighted by atomic mass is 9.85. The van der Waals surface area contributed by atoms with Crippen molar-refractivity contribution in [1.29, 1.82) is 0 Å². The molecule has 1 fully saturated rings. The van der Waals surface area contributed by atoms with Crippen LogP contribution in [0.1, 0.15) is 26.2 Å². The minimum atomic E-state index is -3.49. The van der Waals surface area contributed by atoms with E-state index in [1.54, 1.807) is 0 Å². The minimum absolute atomic E-state index is 0.0796. The molecule has 1 saturated carbocycles. The van der Waals surface area contributed by atoms with Crippen LogP contribution in [0.3, 0.4) is 0 Å². The number of sulfonamides is 1. The molecule has 0 bridgehead atoms. The van der Waals surface area contributed by atoms with Gasteiger partial charge in [-0.1, -0.05) is 13.3 Å². The summed E-state index contributed by atoms with van der Waals surface area (Å²) < 4.78 is 26.2. The van der Waals surface area contributed by atoms with Crippen LogP contribution in [0.4, 0.5) is 5.95 Å². The van der Waals surface area contributed by atoms with E-state index in [1.165, 1.54) is 23.1 Å². The second kappa shape index (κ2) is 5.19. The highest BCUT2D eigenvalue weighted by Gasteiger charge is 2.28. The molecule has 2 rings (SSSR count). The molecule has 0 unspecified atom stereocenters. The average molecular weight is 270 g/mol. The molecule has 0 saturated heterocycles. The fourth-order valence-corrected chi connectivity index (χ4v) is 3.39. The second-order valence-corrected chi connectivity index (χ2v) is 6.47. The highest BCUT2D eigenvalue weighted by Crippen LogP contribution is 2.28. The largest absolute Gasteiger partial charge is 0.368 e. The van der Waals surface area contributed by atoms with Gasteiger partial charge in [0.1, 0.15) is 4.90 Å². The Morgan fingerprint density at radius 3 is 2.44 bits per heavy atom. The summed E-state index contributed by atoms with van der Waals surface area (Å²) in [5.74, 6) is 0.574. The molecule has 18 heavy (non-hydrogen) atoms. The lowest BCUT2D eigenvalue weighted by Crippen LogP contribution is -2.37. The van der Waals surface area contributed by atoms with Crippen molar-refractivity contribution in [2.75, 3.05) is 18.8 Å². The van der Waals surface area contributed by atoms with Gasteiger partial charge in [0.2, 0.25) is 16.0 Å². The fourth-order valence-electron chi connectivity index (χ4n) is 1.97. The molecule has 1 aliphatic rings. The smallest absolute Gasteiger partial charge is 0.246 e. The van der Waals surface area contributed by atoms with Crippen LogP contribution in [0.5, 0.6) is 0 Å². The number of hydrogen-bond acceptors (Lipinski definition) is 5. The summed E-state index contributed by atoms with van der Waals surface area (Å²) in [4.78, 5) is 7.58. The van der Waals surface area contributed by atoms with Gasteiger partial charge in [0.05, 0.1) is 12.4 Å². The third kappa shape index (κ3) is 2.62. The molecule has 1 aliphatic carbocycles. The van der Waals surface area contributed by atoms with E-state index in [2.05, 4.69) is 9.97 Å². The van der Waals surface area contributed by atoms with E-state index in [9.17, 15) is 8.42 Å². The highest BCUT2D eigenvalue weighted by atomic mass is 32.2. The molecule has 0 amide bonds. The van der Waals surface area contributed by atoms with E-state index < -0.39 is 10.0 Å². The van der Waals surface area contributed by atoms with Gasteiger partial charge in [-0.3, -0.25) is 0 Å². The molecular weight excluding hydrogens is 252 g/mol. The summed E-state index contributed by atoms with van der Waals surface area (Å²) in [5, 5.41) is 0. The third-order valence-electron chi connectivity index (χ3n) is 3.33. The monoisotopic (exact) mass is 270 g/mol. The van der Waals surface area contributed by atoms with Crippen LogP contribution in [0.25, 0.3) is 0 Å². The molecule has 100 valence electrons. The number of nitrogens with two attached hydrogens (primary N) is 1. The third-order valence-corrected chi connectivity index (χ3v) is 5.22. The average Bonchev–Trinajstić information content (AvgIpc) is 2.28. The summed E-state index contributed by atoms with van der Waals surface area (Å²) in [6, 6.07) is 0. The van der Waals surface area contributed by atoms with Crippen LogP contribution >= 0.6 is 0 Å². The van der Waals surface area contributed by atoms with Crippen LogP contribution < -0.4 is 5.73 Å². The van der Waals surface area contributed by atoms with Crippen molar-refractivity contribution < 1.29 is 8.42 Å². The zero-order valence-corrected chi connectivity index (χ0v) is 11.2. The van der Waals surface area contributed by atoms with Gasteiger partial charge >= 0.3 is 0 Å². The summed E-state index contributed by atoms with van der Waals surface area (Å²) in [6.07, 6.45) is 5.96. The summed E-state index contributed by atoms with van der Waals surface area (Å²) >= 11 is 0. The first-order valence-corrected chi connectivity index (χ1v) is 7.55. The number of rotatable bonds is 5. The molecular formula is C11H18N4O2S. The van der Waals surface area contributed by atoms with E-state index in [0.717, 1.165) is 12.8 Å². The van der Waals surface area contributed by atoms with Crippen LogP contribution in [-0.2, 0) is 10.0 Å². The predicted molar refractivity (Wildman–Crippen MR) is 68.2 cm³/mol. The van der Waals surface area contributed by atoms with Gasteiger partial charge in [-0.2, -0.15) is 4.31 Å². The Hall–Kier alpha value is -1.21. The van der Waals surface area contributed by atoms with E-state index in [0.29, 0.717) is 19.0 Å². The van der Waals surface area contributed by atoms with Crippen molar-refractivity contribution in [3.05, 3.63) is 12.4 Å². The number of nitrogen functional groups attached to an aromatic ring is 1. The second-order valence-electron chi connectivity index (χ2n) is 4.53. The molecule has 0 radical (unpaired) electrons. The van der Waals surface area contributed by atoms with Crippen LogP contribution in [0.2, 0.25) is 0 Å². The van der Waals surface area contributed by atoms with E-state index in [-0.39, 0.29) is 10.8 Å². The van der Waals surface area contributed by atoms with Crippen molar-refractivity contribution in [2.24, 2.45) is 5.92 Å².